The molecule has 0 aliphatic carbocycles. The molecule has 25 heavy (non-hydrogen) atoms. The highest BCUT2D eigenvalue weighted by Gasteiger charge is 2.15. The third-order valence-electron chi connectivity index (χ3n) is 4.68. The average Bonchev–Trinajstić information content (AvgIpc) is 2.60. The number of hydrogen-bond acceptors (Lipinski definition) is 2. The molecule has 2 rings (SSSR count). The number of ether oxygens (including phenoxy) is 1. The maximum absolute atomic E-state index is 6.08. The van der Waals surface area contributed by atoms with Crippen LogP contribution in [0, 0.1) is 0 Å². The van der Waals surface area contributed by atoms with Gasteiger partial charge in [-0.15, -0.1) is 0 Å². The molecular weight excluding hydrogens is 306 g/mol. The summed E-state index contributed by atoms with van der Waals surface area (Å²) in [6.07, 6.45) is 3.19. The van der Waals surface area contributed by atoms with E-state index < -0.39 is 0 Å². The van der Waals surface area contributed by atoms with Gasteiger partial charge in [0.25, 0.3) is 0 Å². The molecule has 0 radical (unpaired) electrons. The van der Waals surface area contributed by atoms with E-state index in [1.165, 1.54) is 16.7 Å². The third-order valence-corrected chi connectivity index (χ3v) is 4.68. The summed E-state index contributed by atoms with van der Waals surface area (Å²) >= 11 is 0. The first-order chi connectivity index (χ1) is 11.9. The molecular formula is C23H33NO. The van der Waals surface area contributed by atoms with Crippen LogP contribution in [0.4, 0.5) is 0 Å². The zero-order chi connectivity index (χ0) is 18.3. The van der Waals surface area contributed by atoms with Crippen LogP contribution in [-0.4, -0.2) is 13.2 Å². The molecule has 0 bridgehead atoms. The van der Waals surface area contributed by atoms with E-state index in [4.69, 9.17) is 10.5 Å². The number of benzene rings is 2. The van der Waals surface area contributed by atoms with E-state index in [9.17, 15) is 0 Å². The SMILES string of the molecule is CCCCOc1cccc(CC(CN)c2ccc(C(C)(C)C)cc2)c1. The number of hydrogen-bond donors (Lipinski definition) is 1. The van der Waals surface area contributed by atoms with Gasteiger partial charge in [0, 0.05) is 5.92 Å². The van der Waals surface area contributed by atoms with Crippen molar-refractivity contribution in [1.29, 1.82) is 0 Å². The molecule has 0 fully saturated rings. The predicted molar refractivity (Wildman–Crippen MR) is 107 cm³/mol. The number of nitrogens with two attached hydrogens (primary N) is 1. The molecule has 0 aromatic heterocycles. The van der Waals surface area contributed by atoms with E-state index in [1.54, 1.807) is 0 Å². The second kappa shape index (κ2) is 9.05. The largest absolute Gasteiger partial charge is 0.494 e. The van der Waals surface area contributed by atoms with Gasteiger partial charge in [0.15, 0.2) is 0 Å². The Morgan fingerprint density at radius 1 is 1.04 bits per heavy atom. The molecule has 0 saturated heterocycles. The van der Waals surface area contributed by atoms with Crippen LogP contribution in [0.15, 0.2) is 48.5 Å². The van der Waals surface area contributed by atoms with Crippen LogP contribution in [0.1, 0.15) is 63.1 Å². The Bertz CT molecular complexity index is 640. The highest BCUT2D eigenvalue weighted by atomic mass is 16.5. The minimum absolute atomic E-state index is 0.181. The molecule has 2 aromatic rings. The van der Waals surface area contributed by atoms with E-state index in [0.29, 0.717) is 12.5 Å². The smallest absolute Gasteiger partial charge is 0.119 e. The molecule has 2 aromatic carbocycles. The van der Waals surface area contributed by atoms with Crippen LogP contribution in [0.5, 0.6) is 5.75 Å². The fourth-order valence-electron chi connectivity index (χ4n) is 2.97. The Labute approximate surface area is 153 Å². The van der Waals surface area contributed by atoms with Crippen LogP contribution in [0.2, 0.25) is 0 Å². The van der Waals surface area contributed by atoms with Gasteiger partial charge in [0.2, 0.25) is 0 Å². The van der Waals surface area contributed by atoms with Gasteiger partial charge < -0.3 is 10.5 Å². The molecule has 136 valence electrons. The van der Waals surface area contributed by atoms with E-state index in [-0.39, 0.29) is 5.41 Å². The van der Waals surface area contributed by atoms with Crippen LogP contribution in [0.3, 0.4) is 0 Å². The lowest BCUT2D eigenvalue weighted by Gasteiger charge is -2.21. The maximum atomic E-state index is 6.08. The van der Waals surface area contributed by atoms with Crippen molar-refractivity contribution in [3.8, 4) is 5.75 Å². The Balaban J connectivity index is 2.07. The van der Waals surface area contributed by atoms with E-state index >= 15 is 0 Å². The average molecular weight is 340 g/mol. The lowest BCUT2D eigenvalue weighted by Crippen LogP contribution is -2.16. The molecule has 2 heteroatoms. The predicted octanol–water partition coefficient (Wildman–Crippen LogP) is 5.45. The van der Waals surface area contributed by atoms with Crippen molar-refractivity contribution in [1.82, 2.24) is 0 Å². The monoisotopic (exact) mass is 339 g/mol. The van der Waals surface area contributed by atoms with Crippen molar-refractivity contribution in [2.24, 2.45) is 5.73 Å². The molecule has 1 atom stereocenters. The van der Waals surface area contributed by atoms with Gasteiger partial charge in [-0.25, -0.2) is 0 Å². The van der Waals surface area contributed by atoms with Crippen LogP contribution in [-0.2, 0) is 11.8 Å². The number of rotatable bonds is 8. The molecule has 0 spiro atoms. The van der Waals surface area contributed by atoms with Gasteiger partial charge in [0.05, 0.1) is 6.61 Å². The second-order valence-electron chi connectivity index (χ2n) is 7.86. The van der Waals surface area contributed by atoms with Gasteiger partial charge in [-0.2, -0.15) is 0 Å². The fraction of sp³-hybridized carbons (Fsp3) is 0.478. The minimum atomic E-state index is 0.181. The molecule has 0 saturated carbocycles. The van der Waals surface area contributed by atoms with Crippen molar-refractivity contribution in [2.75, 3.05) is 13.2 Å². The summed E-state index contributed by atoms with van der Waals surface area (Å²) < 4.78 is 5.83. The van der Waals surface area contributed by atoms with Gasteiger partial charge in [-0.3, -0.25) is 0 Å². The molecule has 0 amide bonds. The lowest BCUT2D eigenvalue weighted by atomic mass is 9.84. The molecule has 2 N–H and O–H groups in total. The topological polar surface area (TPSA) is 35.2 Å². The van der Waals surface area contributed by atoms with Crippen molar-refractivity contribution < 1.29 is 4.74 Å². The van der Waals surface area contributed by atoms with Crippen molar-refractivity contribution in [3.63, 3.8) is 0 Å². The van der Waals surface area contributed by atoms with Crippen LogP contribution in [0.25, 0.3) is 0 Å². The summed E-state index contributed by atoms with van der Waals surface area (Å²) in [4.78, 5) is 0. The van der Waals surface area contributed by atoms with Gasteiger partial charge >= 0.3 is 0 Å². The first-order valence-electron chi connectivity index (χ1n) is 9.46. The quantitative estimate of drug-likeness (QED) is 0.649. The standard InChI is InChI=1S/C23H33NO/c1-5-6-14-25-22-9-7-8-18(16-22)15-20(17-24)19-10-12-21(13-11-19)23(2,3)4/h7-13,16,20H,5-6,14-15,17,24H2,1-4H3. The highest BCUT2D eigenvalue weighted by Crippen LogP contribution is 2.26. The minimum Gasteiger partial charge on any atom is -0.494 e. The molecule has 0 heterocycles. The van der Waals surface area contributed by atoms with Crippen molar-refractivity contribution >= 4 is 0 Å². The molecule has 0 aliphatic rings. The fourth-order valence-corrected chi connectivity index (χ4v) is 2.97. The normalized spacial score (nSPS) is 12.8. The first kappa shape index (κ1) is 19.5. The van der Waals surface area contributed by atoms with Gasteiger partial charge in [-0.1, -0.05) is 70.5 Å². The van der Waals surface area contributed by atoms with E-state index in [2.05, 4.69) is 70.2 Å². The van der Waals surface area contributed by atoms with Crippen LogP contribution < -0.4 is 10.5 Å². The Morgan fingerprint density at radius 3 is 2.36 bits per heavy atom. The summed E-state index contributed by atoms with van der Waals surface area (Å²) in [5, 5.41) is 0. The van der Waals surface area contributed by atoms with Crippen molar-refractivity contribution in [2.45, 2.75) is 58.3 Å². The first-order valence-corrected chi connectivity index (χ1v) is 9.46. The highest BCUT2D eigenvalue weighted by molar-refractivity contribution is 5.33. The maximum Gasteiger partial charge on any atom is 0.119 e. The van der Waals surface area contributed by atoms with Crippen LogP contribution >= 0.6 is 0 Å². The Kier molecular flexibility index (Phi) is 7.07. The van der Waals surface area contributed by atoms with E-state index in [0.717, 1.165) is 31.6 Å². The Morgan fingerprint density at radius 2 is 1.76 bits per heavy atom. The van der Waals surface area contributed by atoms with Crippen molar-refractivity contribution in [3.05, 3.63) is 65.2 Å². The molecule has 1 unspecified atom stereocenters. The summed E-state index contributed by atoms with van der Waals surface area (Å²) in [7, 11) is 0. The molecule has 0 aliphatic heterocycles. The third kappa shape index (κ3) is 5.89. The van der Waals surface area contributed by atoms with E-state index in [1.807, 2.05) is 6.07 Å². The summed E-state index contributed by atoms with van der Waals surface area (Å²) in [5.74, 6) is 1.30. The summed E-state index contributed by atoms with van der Waals surface area (Å²) in [6, 6.07) is 17.4. The van der Waals surface area contributed by atoms with Gasteiger partial charge in [0.1, 0.15) is 5.75 Å². The Hall–Kier alpha value is -1.80. The van der Waals surface area contributed by atoms with Gasteiger partial charge in [-0.05, 0) is 53.6 Å². The zero-order valence-electron chi connectivity index (χ0n) is 16.2. The lowest BCUT2D eigenvalue weighted by molar-refractivity contribution is 0.309. The summed E-state index contributed by atoms with van der Waals surface area (Å²) in [5.41, 5.74) is 10.2. The molecule has 2 nitrogen and oxygen atoms in total. The number of unbranched alkanes of at least 4 members (excludes halogenated alkanes) is 1. The second-order valence-corrected chi connectivity index (χ2v) is 7.86. The summed E-state index contributed by atoms with van der Waals surface area (Å²) in [6.45, 7) is 10.3. The zero-order valence-corrected chi connectivity index (χ0v) is 16.2.